The lowest BCUT2D eigenvalue weighted by atomic mass is 10.2. The number of hydrogen-bond acceptors (Lipinski definition) is 2. The summed E-state index contributed by atoms with van der Waals surface area (Å²) >= 11 is 5.94. The molecule has 0 heterocycles. The van der Waals surface area contributed by atoms with Crippen LogP contribution in [0.5, 0.6) is 5.75 Å². The monoisotopic (exact) mass is 226 g/mol. The number of amidine groups is 1. The molecule has 0 spiro atoms. The Bertz CT molecular complexity index is 364. The Hall–Kier alpha value is -1.22. The molecule has 0 saturated carbocycles. The lowest BCUT2D eigenvalue weighted by Crippen LogP contribution is -2.15. The second kappa shape index (κ2) is 5.03. The Morgan fingerprint density at radius 3 is 2.73 bits per heavy atom. The Morgan fingerprint density at radius 1 is 1.53 bits per heavy atom. The van der Waals surface area contributed by atoms with Crippen molar-refractivity contribution in [2.75, 3.05) is 6.61 Å². The highest BCUT2D eigenvalue weighted by molar-refractivity contribution is 6.34. The van der Waals surface area contributed by atoms with Crippen LogP contribution in [0.15, 0.2) is 18.2 Å². The van der Waals surface area contributed by atoms with Crippen molar-refractivity contribution >= 4 is 17.4 Å². The van der Waals surface area contributed by atoms with Gasteiger partial charge in [0.2, 0.25) is 0 Å². The number of nitrogen functional groups attached to an aromatic ring is 1. The van der Waals surface area contributed by atoms with Gasteiger partial charge in [0.15, 0.2) is 0 Å². The number of hydrogen-bond donors (Lipinski definition) is 2. The molecule has 3 nitrogen and oxygen atoms in total. The van der Waals surface area contributed by atoms with Gasteiger partial charge in [-0.15, -0.1) is 0 Å². The zero-order chi connectivity index (χ0) is 11.4. The minimum atomic E-state index is -0.0700. The molecule has 0 bridgehead atoms. The predicted octanol–water partition coefficient (Wildman–Crippen LogP) is 2.66. The molecule has 0 aliphatic heterocycles. The van der Waals surface area contributed by atoms with Gasteiger partial charge in [-0.05, 0) is 18.1 Å². The molecule has 3 N–H and O–H groups in total. The molecule has 0 atom stereocenters. The van der Waals surface area contributed by atoms with Crippen molar-refractivity contribution < 1.29 is 4.74 Å². The van der Waals surface area contributed by atoms with Crippen molar-refractivity contribution in [1.82, 2.24) is 0 Å². The molecule has 0 saturated heterocycles. The van der Waals surface area contributed by atoms with Crippen LogP contribution in [0, 0.1) is 11.3 Å². The predicted molar refractivity (Wildman–Crippen MR) is 62.8 cm³/mol. The first-order chi connectivity index (χ1) is 7.02. The van der Waals surface area contributed by atoms with E-state index < -0.39 is 0 Å². The van der Waals surface area contributed by atoms with Gasteiger partial charge in [-0.25, -0.2) is 0 Å². The van der Waals surface area contributed by atoms with Crippen LogP contribution >= 0.6 is 11.6 Å². The van der Waals surface area contributed by atoms with Crippen molar-refractivity contribution in [2.24, 2.45) is 11.7 Å². The summed E-state index contributed by atoms with van der Waals surface area (Å²) in [5.74, 6) is 0.923. The first-order valence-corrected chi connectivity index (χ1v) is 5.16. The first kappa shape index (κ1) is 11.9. The zero-order valence-corrected chi connectivity index (χ0v) is 9.64. The molecule has 0 amide bonds. The Labute approximate surface area is 94.7 Å². The van der Waals surface area contributed by atoms with Crippen LogP contribution in [0.3, 0.4) is 0 Å². The summed E-state index contributed by atoms with van der Waals surface area (Å²) in [5, 5.41) is 7.86. The molecular weight excluding hydrogens is 212 g/mol. The molecule has 4 heteroatoms. The summed E-state index contributed by atoms with van der Waals surface area (Å²) in [7, 11) is 0. The average molecular weight is 227 g/mol. The van der Waals surface area contributed by atoms with Crippen LogP contribution < -0.4 is 10.5 Å². The summed E-state index contributed by atoms with van der Waals surface area (Å²) < 4.78 is 5.54. The van der Waals surface area contributed by atoms with Gasteiger partial charge in [0.1, 0.15) is 11.6 Å². The summed E-state index contributed by atoms with van der Waals surface area (Å²) in [6.45, 7) is 4.69. The van der Waals surface area contributed by atoms with E-state index in [9.17, 15) is 0 Å². The van der Waals surface area contributed by atoms with Gasteiger partial charge in [0.25, 0.3) is 0 Å². The largest absolute Gasteiger partial charge is 0.493 e. The third kappa shape index (κ3) is 3.13. The molecule has 0 radical (unpaired) electrons. The van der Waals surface area contributed by atoms with E-state index in [1.807, 2.05) is 0 Å². The van der Waals surface area contributed by atoms with Gasteiger partial charge in [-0.3, -0.25) is 5.41 Å². The average Bonchev–Trinajstić information content (AvgIpc) is 2.13. The number of benzene rings is 1. The summed E-state index contributed by atoms with van der Waals surface area (Å²) in [6, 6.07) is 5.25. The highest BCUT2D eigenvalue weighted by Gasteiger charge is 2.11. The molecule has 1 aromatic rings. The van der Waals surface area contributed by atoms with E-state index in [-0.39, 0.29) is 5.84 Å². The van der Waals surface area contributed by atoms with E-state index in [0.29, 0.717) is 28.9 Å². The maximum atomic E-state index is 7.42. The third-order valence-electron chi connectivity index (χ3n) is 1.82. The minimum Gasteiger partial charge on any atom is -0.493 e. The van der Waals surface area contributed by atoms with E-state index >= 15 is 0 Å². The van der Waals surface area contributed by atoms with E-state index in [4.69, 9.17) is 27.5 Å². The van der Waals surface area contributed by atoms with Crippen molar-refractivity contribution in [3.63, 3.8) is 0 Å². The second-order valence-electron chi connectivity index (χ2n) is 3.73. The number of rotatable bonds is 4. The highest BCUT2D eigenvalue weighted by Crippen LogP contribution is 2.26. The van der Waals surface area contributed by atoms with Crippen LogP contribution in [0.1, 0.15) is 19.4 Å². The van der Waals surface area contributed by atoms with E-state index in [0.717, 1.165) is 0 Å². The second-order valence-corrected chi connectivity index (χ2v) is 4.14. The highest BCUT2D eigenvalue weighted by atomic mass is 35.5. The van der Waals surface area contributed by atoms with Gasteiger partial charge < -0.3 is 10.5 Å². The zero-order valence-electron chi connectivity index (χ0n) is 8.88. The number of halogens is 1. The SMILES string of the molecule is CC(C)COc1cccc(Cl)c1C(=N)N. The fourth-order valence-corrected chi connectivity index (χ4v) is 1.41. The molecule has 0 fully saturated rings. The first-order valence-electron chi connectivity index (χ1n) is 4.78. The van der Waals surface area contributed by atoms with E-state index in [1.54, 1.807) is 18.2 Å². The van der Waals surface area contributed by atoms with Gasteiger partial charge in [-0.2, -0.15) is 0 Å². The van der Waals surface area contributed by atoms with Gasteiger partial charge in [0, 0.05) is 0 Å². The van der Waals surface area contributed by atoms with Gasteiger partial charge in [0.05, 0.1) is 17.2 Å². The lowest BCUT2D eigenvalue weighted by molar-refractivity contribution is 0.270. The van der Waals surface area contributed by atoms with Gasteiger partial charge in [-0.1, -0.05) is 31.5 Å². The van der Waals surface area contributed by atoms with Crippen molar-refractivity contribution in [2.45, 2.75) is 13.8 Å². The van der Waals surface area contributed by atoms with Crippen LogP contribution in [-0.4, -0.2) is 12.4 Å². The smallest absolute Gasteiger partial charge is 0.131 e. The van der Waals surface area contributed by atoms with Gasteiger partial charge >= 0.3 is 0 Å². The van der Waals surface area contributed by atoms with Crippen LogP contribution in [-0.2, 0) is 0 Å². The van der Waals surface area contributed by atoms with Crippen molar-refractivity contribution in [1.29, 1.82) is 5.41 Å². The third-order valence-corrected chi connectivity index (χ3v) is 2.13. The molecule has 0 aliphatic rings. The molecule has 0 aliphatic carbocycles. The van der Waals surface area contributed by atoms with Crippen LogP contribution in [0.2, 0.25) is 5.02 Å². The van der Waals surface area contributed by atoms with Crippen molar-refractivity contribution in [3.8, 4) is 5.75 Å². The number of nitrogens with two attached hydrogens (primary N) is 1. The Balaban J connectivity index is 2.96. The number of ether oxygens (including phenoxy) is 1. The summed E-state index contributed by atoms with van der Waals surface area (Å²) in [5.41, 5.74) is 5.91. The maximum absolute atomic E-state index is 7.42. The molecule has 1 rings (SSSR count). The topological polar surface area (TPSA) is 59.1 Å². The fourth-order valence-electron chi connectivity index (χ4n) is 1.14. The quantitative estimate of drug-likeness (QED) is 0.613. The molecule has 1 aromatic carbocycles. The Morgan fingerprint density at radius 2 is 2.20 bits per heavy atom. The van der Waals surface area contributed by atoms with Crippen LogP contribution in [0.4, 0.5) is 0 Å². The molecule has 82 valence electrons. The van der Waals surface area contributed by atoms with Crippen LogP contribution in [0.25, 0.3) is 0 Å². The van der Waals surface area contributed by atoms with E-state index in [1.165, 1.54) is 0 Å². The van der Waals surface area contributed by atoms with Crippen molar-refractivity contribution in [3.05, 3.63) is 28.8 Å². The Kier molecular flexibility index (Phi) is 3.97. The summed E-state index contributed by atoms with van der Waals surface area (Å²) in [6.07, 6.45) is 0. The number of nitrogens with one attached hydrogen (secondary N) is 1. The fraction of sp³-hybridized carbons (Fsp3) is 0.364. The summed E-state index contributed by atoms with van der Waals surface area (Å²) in [4.78, 5) is 0. The standard InChI is InChI=1S/C11H15ClN2O/c1-7(2)6-15-9-5-3-4-8(12)10(9)11(13)14/h3-5,7H,6H2,1-2H3,(H3,13,14). The molecule has 15 heavy (non-hydrogen) atoms. The molecule has 0 unspecified atom stereocenters. The molecule has 0 aromatic heterocycles. The lowest BCUT2D eigenvalue weighted by Gasteiger charge is -2.13. The van der Waals surface area contributed by atoms with E-state index in [2.05, 4.69) is 13.8 Å². The molecular formula is C11H15ClN2O. The maximum Gasteiger partial charge on any atom is 0.131 e. The normalized spacial score (nSPS) is 10.4. The minimum absolute atomic E-state index is 0.0700.